The quantitative estimate of drug-likeness (QED) is 0.622. The maximum Gasteiger partial charge on any atom is 0.137 e. The topological polar surface area (TPSA) is 56.3 Å². The largest absolute Gasteiger partial charge is 0.491 e. The third-order valence-corrected chi connectivity index (χ3v) is 4.36. The molecule has 1 N–H and O–H groups in total. The molecule has 0 spiro atoms. The van der Waals surface area contributed by atoms with Crippen LogP contribution in [0.25, 0.3) is 10.9 Å². The van der Waals surface area contributed by atoms with Crippen LogP contribution in [0, 0.1) is 6.92 Å². The molecule has 0 bridgehead atoms. The highest BCUT2D eigenvalue weighted by atomic mass is 16.5. The van der Waals surface area contributed by atoms with Gasteiger partial charge in [0.1, 0.15) is 24.5 Å². The lowest BCUT2D eigenvalue weighted by Gasteiger charge is -2.14. The number of rotatable bonds is 8. The minimum absolute atomic E-state index is 0.216. The lowest BCUT2D eigenvalue weighted by molar-refractivity contribution is 0.119. The summed E-state index contributed by atoms with van der Waals surface area (Å²) >= 11 is 0. The number of hydrogen-bond acceptors (Lipinski definition) is 5. The highest BCUT2D eigenvalue weighted by Gasteiger charge is 2.06. The van der Waals surface area contributed by atoms with Gasteiger partial charge < -0.3 is 14.8 Å². The molecule has 136 valence electrons. The van der Waals surface area contributed by atoms with Gasteiger partial charge in [-0.15, -0.1) is 0 Å². The standard InChI is InChI=1S/C21H25N3O2/c1-15-12-17(13-16(2)25-3)8-9-20(15)26-11-10-22-21-18-6-4-5-7-19(18)23-14-24-21/h4-9,12,14,16H,10-11,13H2,1-3H3,(H,22,23,24). The molecule has 3 aromatic rings. The Hall–Kier alpha value is -2.66. The number of aromatic nitrogens is 2. The predicted octanol–water partition coefficient (Wildman–Crippen LogP) is 4.01. The Labute approximate surface area is 154 Å². The van der Waals surface area contributed by atoms with Crippen LogP contribution in [-0.2, 0) is 11.2 Å². The highest BCUT2D eigenvalue weighted by Crippen LogP contribution is 2.21. The molecule has 1 heterocycles. The van der Waals surface area contributed by atoms with Crippen LogP contribution < -0.4 is 10.1 Å². The first kappa shape index (κ1) is 18.1. The van der Waals surface area contributed by atoms with Gasteiger partial charge >= 0.3 is 0 Å². The molecule has 0 saturated carbocycles. The van der Waals surface area contributed by atoms with Gasteiger partial charge in [0, 0.05) is 12.5 Å². The van der Waals surface area contributed by atoms with Gasteiger partial charge in [-0.2, -0.15) is 0 Å². The van der Waals surface area contributed by atoms with Crippen molar-refractivity contribution in [3.8, 4) is 5.75 Å². The smallest absolute Gasteiger partial charge is 0.137 e. The van der Waals surface area contributed by atoms with Crippen LogP contribution in [0.15, 0.2) is 48.8 Å². The molecule has 3 rings (SSSR count). The van der Waals surface area contributed by atoms with Crippen LogP contribution in [0.4, 0.5) is 5.82 Å². The van der Waals surface area contributed by atoms with E-state index in [1.165, 1.54) is 5.56 Å². The molecule has 0 amide bonds. The lowest BCUT2D eigenvalue weighted by atomic mass is 10.1. The van der Waals surface area contributed by atoms with E-state index in [1.54, 1.807) is 13.4 Å². The average molecular weight is 351 g/mol. The first-order chi connectivity index (χ1) is 12.7. The molecule has 1 aromatic heterocycles. The third-order valence-electron chi connectivity index (χ3n) is 4.36. The molecule has 0 fully saturated rings. The number of hydrogen-bond donors (Lipinski definition) is 1. The SMILES string of the molecule is COC(C)Cc1ccc(OCCNc2ncnc3ccccc23)c(C)c1. The number of para-hydroxylation sites is 1. The molecule has 1 atom stereocenters. The van der Waals surface area contributed by atoms with Gasteiger partial charge in [0.15, 0.2) is 0 Å². The first-order valence-electron chi connectivity index (χ1n) is 8.86. The number of methoxy groups -OCH3 is 1. The van der Waals surface area contributed by atoms with Gasteiger partial charge in [-0.3, -0.25) is 0 Å². The Morgan fingerprint density at radius 1 is 1.12 bits per heavy atom. The fraction of sp³-hybridized carbons (Fsp3) is 0.333. The van der Waals surface area contributed by atoms with E-state index in [1.807, 2.05) is 30.3 Å². The van der Waals surface area contributed by atoms with Crippen molar-refractivity contribution in [1.29, 1.82) is 0 Å². The van der Waals surface area contributed by atoms with Crippen LogP contribution in [0.2, 0.25) is 0 Å². The van der Waals surface area contributed by atoms with Gasteiger partial charge in [-0.25, -0.2) is 9.97 Å². The van der Waals surface area contributed by atoms with Crippen molar-refractivity contribution in [2.75, 3.05) is 25.6 Å². The third kappa shape index (κ3) is 4.49. The Morgan fingerprint density at radius 2 is 1.96 bits per heavy atom. The molecule has 5 heteroatoms. The Balaban J connectivity index is 1.55. The molecule has 2 aromatic carbocycles. The predicted molar refractivity (Wildman–Crippen MR) is 105 cm³/mol. The second kappa shape index (κ2) is 8.63. The molecule has 0 aliphatic rings. The average Bonchev–Trinajstić information content (AvgIpc) is 2.66. The Bertz CT molecular complexity index is 862. The van der Waals surface area contributed by atoms with E-state index in [4.69, 9.17) is 9.47 Å². The van der Waals surface area contributed by atoms with E-state index in [-0.39, 0.29) is 6.10 Å². The number of fused-ring (bicyclic) bond motifs is 1. The summed E-state index contributed by atoms with van der Waals surface area (Å²) in [5.74, 6) is 1.74. The summed E-state index contributed by atoms with van der Waals surface area (Å²) in [4.78, 5) is 8.60. The normalized spacial score (nSPS) is 12.1. The summed E-state index contributed by atoms with van der Waals surface area (Å²) in [6, 6.07) is 14.3. The number of ether oxygens (including phenoxy) is 2. The van der Waals surface area contributed by atoms with Crippen LogP contribution in [-0.4, -0.2) is 36.3 Å². The molecule has 0 radical (unpaired) electrons. The zero-order valence-electron chi connectivity index (χ0n) is 15.5. The highest BCUT2D eigenvalue weighted by molar-refractivity contribution is 5.88. The van der Waals surface area contributed by atoms with E-state index in [9.17, 15) is 0 Å². The number of nitrogens with zero attached hydrogens (tertiary/aromatic N) is 2. The zero-order valence-corrected chi connectivity index (χ0v) is 15.5. The summed E-state index contributed by atoms with van der Waals surface area (Å²) in [5.41, 5.74) is 3.33. The van der Waals surface area contributed by atoms with Crippen molar-refractivity contribution in [2.45, 2.75) is 26.4 Å². The number of benzene rings is 2. The minimum Gasteiger partial charge on any atom is -0.491 e. The van der Waals surface area contributed by atoms with Gasteiger partial charge in [-0.1, -0.05) is 24.3 Å². The minimum atomic E-state index is 0.216. The summed E-state index contributed by atoms with van der Waals surface area (Å²) in [6.45, 7) is 5.37. The van der Waals surface area contributed by atoms with E-state index >= 15 is 0 Å². The van der Waals surface area contributed by atoms with Crippen molar-refractivity contribution < 1.29 is 9.47 Å². The molecule has 1 unspecified atom stereocenters. The maximum absolute atomic E-state index is 5.92. The lowest BCUT2D eigenvalue weighted by Crippen LogP contribution is -2.13. The maximum atomic E-state index is 5.92. The van der Waals surface area contributed by atoms with Crippen molar-refractivity contribution in [3.05, 3.63) is 59.9 Å². The van der Waals surface area contributed by atoms with E-state index < -0.39 is 0 Å². The van der Waals surface area contributed by atoms with Crippen LogP contribution in [0.3, 0.4) is 0 Å². The Kier molecular flexibility index (Phi) is 6.02. The Morgan fingerprint density at radius 3 is 2.77 bits per heavy atom. The summed E-state index contributed by atoms with van der Waals surface area (Å²) in [6.07, 6.45) is 2.70. The molecule has 0 aliphatic carbocycles. The van der Waals surface area contributed by atoms with Crippen molar-refractivity contribution >= 4 is 16.7 Å². The van der Waals surface area contributed by atoms with Crippen molar-refractivity contribution in [2.24, 2.45) is 0 Å². The van der Waals surface area contributed by atoms with Gasteiger partial charge in [0.05, 0.1) is 18.2 Å². The first-order valence-corrected chi connectivity index (χ1v) is 8.86. The molecule has 0 saturated heterocycles. The van der Waals surface area contributed by atoms with Gasteiger partial charge in [0.2, 0.25) is 0 Å². The summed E-state index contributed by atoms with van der Waals surface area (Å²) in [5, 5.41) is 4.35. The molecular formula is C21H25N3O2. The van der Waals surface area contributed by atoms with Crippen molar-refractivity contribution in [3.63, 3.8) is 0 Å². The van der Waals surface area contributed by atoms with E-state index in [0.29, 0.717) is 13.2 Å². The summed E-state index contributed by atoms with van der Waals surface area (Å²) < 4.78 is 11.2. The number of aryl methyl sites for hydroxylation is 1. The second-order valence-electron chi connectivity index (χ2n) is 6.36. The molecule has 5 nitrogen and oxygen atoms in total. The molecule has 26 heavy (non-hydrogen) atoms. The summed E-state index contributed by atoms with van der Waals surface area (Å²) in [7, 11) is 1.74. The van der Waals surface area contributed by atoms with Crippen molar-refractivity contribution in [1.82, 2.24) is 9.97 Å². The monoisotopic (exact) mass is 351 g/mol. The second-order valence-corrected chi connectivity index (χ2v) is 6.36. The fourth-order valence-electron chi connectivity index (χ4n) is 2.89. The van der Waals surface area contributed by atoms with Gasteiger partial charge in [0.25, 0.3) is 0 Å². The number of anilines is 1. The van der Waals surface area contributed by atoms with E-state index in [0.717, 1.165) is 34.5 Å². The van der Waals surface area contributed by atoms with E-state index in [2.05, 4.69) is 41.3 Å². The zero-order chi connectivity index (χ0) is 18.4. The van der Waals surface area contributed by atoms with Crippen LogP contribution in [0.5, 0.6) is 5.75 Å². The van der Waals surface area contributed by atoms with Crippen LogP contribution >= 0.6 is 0 Å². The molecular weight excluding hydrogens is 326 g/mol. The number of nitrogens with one attached hydrogen (secondary N) is 1. The van der Waals surface area contributed by atoms with Gasteiger partial charge in [-0.05, 0) is 49.6 Å². The fourth-order valence-corrected chi connectivity index (χ4v) is 2.89. The van der Waals surface area contributed by atoms with Crippen LogP contribution in [0.1, 0.15) is 18.1 Å². The molecule has 0 aliphatic heterocycles.